The Balaban J connectivity index is 1.76. The maximum absolute atomic E-state index is 12.4. The van der Waals surface area contributed by atoms with Crippen molar-refractivity contribution >= 4 is 29.2 Å². The molecular weight excluding hydrogens is 332 g/mol. The molecule has 26 heavy (non-hydrogen) atoms. The van der Waals surface area contributed by atoms with Crippen LogP contribution in [-0.4, -0.2) is 56.4 Å². The van der Waals surface area contributed by atoms with Crippen LogP contribution in [0.25, 0.3) is 0 Å². The third kappa shape index (κ3) is 4.20. The normalized spacial score (nSPS) is 14.0. The Hall–Kier alpha value is -2.87. The number of benzene rings is 1. The maximum Gasteiger partial charge on any atom is 0.323 e. The van der Waals surface area contributed by atoms with Crippen LogP contribution < -0.4 is 20.4 Å². The van der Waals surface area contributed by atoms with E-state index in [4.69, 9.17) is 4.74 Å². The van der Waals surface area contributed by atoms with Gasteiger partial charge in [0.15, 0.2) is 5.82 Å². The summed E-state index contributed by atoms with van der Waals surface area (Å²) < 4.78 is 5.37. The largest absolute Gasteiger partial charge is 0.378 e. The fourth-order valence-electron chi connectivity index (χ4n) is 2.70. The third-order valence-electron chi connectivity index (χ3n) is 4.11. The van der Waals surface area contributed by atoms with Gasteiger partial charge >= 0.3 is 6.03 Å². The van der Waals surface area contributed by atoms with Gasteiger partial charge in [-0.1, -0.05) is 18.2 Å². The summed E-state index contributed by atoms with van der Waals surface area (Å²) in [5, 5.41) is 5.69. The Morgan fingerprint density at radius 1 is 1.15 bits per heavy atom. The number of ether oxygens (including phenoxy) is 1. The van der Waals surface area contributed by atoms with Crippen LogP contribution in [-0.2, 0) is 4.74 Å². The Morgan fingerprint density at radius 2 is 1.85 bits per heavy atom. The van der Waals surface area contributed by atoms with Crippen molar-refractivity contribution in [2.24, 2.45) is 0 Å². The number of hydrogen-bond donors (Lipinski definition) is 2. The van der Waals surface area contributed by atoms with Gasteiger partial charge in [-0.25, -0.2) is 9.78 Å². The van der Waals surface area contributed by atoms with Crippen LogP contribution in [0.1, 0.15) is 5.56 Å². The van der Waals surface area contributed by atoms with E-state index in [9.17, 15) is 4.79 Å². The molecule has 0 spiro atoms. The van der Waals surface area contributed by atoms with Crippen LogP contribution in [0.5, 0.6) is 0 Å². The average molecular weight is 356 g/mol. The van der Waals surface area contributed by atoms with Gasteiger partial charge in [0.05, 0.1) is 19.4 Å². The van der Waals surface area contributed by atoms with Crippen molar-refractivity contribution < 1.29 is 9.53 Å². The van der Waals surface area contributed by atoms with Crippen molar-refractivity contribution in [2.75, 3.05) is 60.8 Å². The molecule has 8 nitrogen and oxygen atoms in total. The van der Waals surface area contributed by atoms with Gasteiger partial charge in [0.2, 0.25) is 5.95 Å². The number of aromatic nitrogens is 2. The zero-order chi connectivity index (χ0) is 18.5. The number of hydrogen-bond acceptors (Lipinski definition) is 6. The van der Waals surface area contributed by atoms with Crippen LogP contribution in [0.3, 0.4) is 0 Å². The number of para-hydroxylation sites is 1. The quantitative estimate of drug-likeness (QED) is 0.875. The van der Waals surface area contributed by atoms with Crippen LogP contribution >= 0.6 is 0 Å². The van der Waals surface area contributed by atoms with E-state index in [1.54, 1.807) is 6.20 Å². The van der Waals surface area contributed by atoms with Gasteiger partial charge in [-0.3, -0.25) is 0 Å². The first-order valence-electron chi connectivity index (χ1n) is 8.55. The predicted octanol–water partition coefficient (Wildman–Crippen LogP) is 2.33. The highest BCUT2D eigenvalue weighted by molar-refractivity contribution is 6.01. The van der Waals surface area contributed by atoms with Gasteiger partial charge < -0.3 is 25.2 Å². The van der Waals surface area contributed by atoms with E-state index in [1.165, 1.54) is 0 Å². The minimum Gasteiger partial charge on any atom is -0.378 e. The molecule has 1 aromatic heterocycles. The molecule has 1 saturated heterocycles. The second-order valence-corrected chi connectivity index (χ2v) is 6.30. The highest BCUT2D eigenvalue weighted by Crippen LogP contribution is 2.24. The number of carbonyl (C=O) groups excluding carboxylic acids is 1. The average Bonchev–Trinajstić information content (AvgIpc) is 2.64. The third-order valence-corrected chi connectivity index (χ3v) is 4.11. The lowest BCUT2D eigenvalue weighted by Gasteiger charge is -2.28. The molecule has 2 N–H and O–H groups in total. The van der Waals surface area contributed by atoms with E-state index >= 15 is 0 Å². The lowest BCUT2D eigenvalue weighted by atomic mass is 10.2. The van der Waals surface area contributed by atoms with Gasteiger partial charge in [-0.15, -0.1) is 0 Å². The zero-order valence-corrected chi connectivity index (χ0v) is 15.3. The molecule has 0 unspecified atom stereocenters. The Morgan fingerprint density at radius 3 is 2.54 bits per heavy atom. The number of anilines is 4. The van der Waals surface area contributed by atoms with Gasteiger partial charge in [0.1, 0.15) is 5.69 Å². The number of nitrogens with one attached hydrogen (secondary N) is 2. The lowest BCUT2D eigenvalue weighted by molar-refractivity contribution is 0.122. The molecule has 8 heteroatoms. The number of rotatable bonds is 4. The molecule has 2 aromatic rings. The monoisotopic (exact) mass is 356 g/mol. The molecule has 3 rings (SSSR count). The van der Waals surface area contributed by atoms with E-state index in [0.717, 1.165) is 24.3 Å². The van der Waals surface area contributed by atoms with Gasteiger partial charge in [-0.2, -0.15) is 4.98 Å². The molecule has 1 fully saturated rings. The lowest BCUT2D eigenvalue weighted by Crippen LogP contribution is -2.37. The van der Waals surface area contributed by atoms with Gasteiger partial charge in [0, 0.05) is 32.9 Å². The molecule has 2 heterocycles. The van der Waals surface area contributed by atoms with Crippen LogP contribution in [0.2, 0.25) is 0 Å². The summed E-state index contributed by atoms with van der Waals surface area (Å²) in [7, 11) is 3.77. The second-order valence-electron chi connectivity index (χ2n) is 6.30. The van der Waals surface area contributed by atoms with Crippen molar-refractivity contribution in [3.8, 4) is 0 Å². The fraction of sp³-hybridized carbons (Fsp3) is 0.389. The van der Waals surface area contributed by atoms with E-state index in [-0.39, 0.29) is 6.03 Å². The standard InChI is InChI=1S/C18H24N6O2/c1-13-6-4-5-7-14(13)20-18(25)21-15-12-19-17(22-16(15)23(2)3)24-8-10-26-11-9-24/h4-7,12H,8-11H2,1-3H3,(H2,20,21,25). The highest BCUT2D eigenvalue weighted by atomic mass is 16.5. The first kappa shape index (κ1) is 17.9. The topological polar surface area (TPSA) is 82.6 Å². The molecular formula is C18H24N6O2. The Labute approximate surface area is 153 Å². The highest BCUT2D eigenvalue weighted by Gasteiger charge is 2.18. The summed E-state index contributed by atoms with van der Waals surface area (Å²) in [5.41, 5.74) is 2.31. The van der Waals surface area contributed by atoms with Crippen LogP contribution in [0.4, 0.5) is 27.9 Å². The maximum atomic E-state index is 12.4. The SMILES string of the molecule is Cc1ccccc1NC(=O)Nc1cnc(N2CCOCC2)nc1N(C)C. The summed E-state index contributed by atoms with van der Waals surface area (Å²) in [6.07, 6.45) is 1.64. The molecule has 138 valence electrons. The molecule has 0 aliphatic carbocycles. The molecule has 1 aliphatic rings. The van der Waals surface area contributed by atoms with Crippen LogP contribution in [0, 0.1) is 6.92 Å². The summed E-state index contributed by atoms with van der Waals surface area (Å²) in [6.45, 7) is 4.79. The number of carbonyl (C=O) groups is 1. The van der Waals surface area contributed by atoms with Crippen molar-refractivity contribution in [3.05, 3.63) is 36.0 Å². The number of amides is 2. The Kier molecular flexibility index (Phi) is 5.52. The zero-order valence-electron chi connectivity index (χ0n) is 15.3. The van der Waals surface area contributed by atoms with E-state index < -0.39 is 0 Å². The fourth-order valence-corrected chi connectivity index (χ4v) is 2.70. The first-order valence-corrected chi connectivity index (χ1v) is 8.55. The number of aryl methyl sites for hydroxylation is 1. The van der Waals surface area contributed by atoms with Crippen molar-refractivity contribution in [1.82, 2.24) is 9.97 Å². The van der Waals surface area contributed by atoms with Gasteiger partial charge in [-0.05, 0) is 18.6 Å². The summed E-state index contributed by atoms with van der Waals surface area (Å²) in [5.74, 6) is 1.29. The summed E-state index contributed by atoms with van der Waals surface area (Å²) in [6, 6.07) is 7.29. The van der Waals surface area contributed by atoms with Crippen LogP contribution in [0.15, 0.2) is 30.5 Å². The van der Waals surface area contributed by atoms with Gasteiger partial charge in [0.25, 0.3) is 0 Å². The molecule has 1 aliphatic heterocycles. The molecule has 0 bridgehead atoms. The van der Waals surface area contributed by atoms with Crippen molar-refractivity contribution in [2.45, 2.75) is 6.92 Å². The minimum atomic E-state index is -0.329. The number of morpholine rings is 1. The minimum absolute atomic E-state index is 0.329. The Bertz CT molecular complexity index is 774. The molecule has 0 radical (unpaired) electrons. The van der Waals surface area contributed by atoms with Crippen molar-refractivity contribution in [3.63, 3.8) is 0 Å². The summed E-state index contributed by atoms with van der Waals surface area (Å²) in [4.78, 5) is 25.3. The first-order chi connectivity index (χ1) is 12.5. The van der Waals surface area contributed by atoms with Crippen molar-refractivity contribution in [1.29, 1.82) is 0 Å². The molecule has 0 saturated carbocycles. The van der Waals surface area contributed by atoms with E-state index in [2.05, 4.69) is 25.5 Å². The molecule has 1 aromatic carbocycles. The summed E-state index contributed by atoms with van der Waals surface area (Å²) >= 11 is 0. The van der Waals surface area contributed by atoms with E-state index in [1.807, 2.05) is 50.2 Å². The number of nitrogens with zero attached hydrogens (tertiary/aromatic N) is 4. The molecule has 0 atom stereocenters. The smallest absolute Gasteiger partial charge is 0.323 e. The second kappa shape index (κ2) is 8.01. The molecule has 2 amide bonds. The van der Waals surface area contributed by atoms with E-state index in [0.29, 0.717) is 30.7 Å². The number of urea groups is 1. The predicted molar refractivity (Wildman–Crippen MR) is 103 cm³/mol.